The van der Waals surface area contributed by atoms with Crippen LogP contribution in [0.25, 0.3) is 5.69 Å². The van der Waals surface area contributed by atoms with Gasteiger partial charge < -0.3 is 9.94 Å². The molecule has 0 spiro atoms. The summed E-state index contributed by atoms with van der Waals surface area (Å²) in [6.45, 7) is 1.22. The average molecular weight is 399 g/mol. The molecule has 1 N–H and O–H groups in total. The molecule has 0 aliphatic heterocycles. The topological polar surface area (TPSA) is 108 Å². The molecule has 0 unspecified atom stereocenters. The van der Waals surface area contributed by atoms with Crippen LogP contribution in [-0.4, -0.2) is 37.2 Å². The van der Waals surface area contributed by atoms with Crippen LogP contribution in [0.1, 0.15) is 17.3 Å². The summed E-state index contributed by atoms with van der Waals surface area (Å²) in [6, 6.07) is 4.06. The van der Waals surface area contributed by atoms with Crippen LogP contribution in [0.4, 0.5) is 0 Å². The fraction of sp³-hybridized carbons (Fsp3) is 0.267. The van der Waals surface area contributed by atoms with Crippen molar-refractivity contribution in [3.05, 3.63) is 54.5 Å². The summed E-state index contributed by atoms with van der Waals surface area (Å²) in [5.41, 5.74) is -1.06. The second-order valence-corrected chi connectivity index (χ2v) is 6.15. The zero-order valence-electron chi connectivity index (χ0n) is 14.1. The Balaban J connectivity index is 2.59. The first kappa shape index (κ1) is 19.6. The van der Waals surface area contributed by atoms with E-state index in [1.54, 1.807) is 0 Å². The SMILES string of the molecule is CC(COC(=O)c1cc(-n2c(=O)n(C)c(=S)n(C)c2=O)ccc1Cl)=NO. The van der Waals surface area contributed by atoms with E-state index in [2.05, 4.69) is 5.16 Å². The third kappa shape index (κ3) is 3.60. The van der Waals surface area contributed by atoms with E-state index in [1.807, 2.05) is 0 Å². The third-order valence-electron chi connectivity index (χ3n) is 3.54. The fourth-order valence-corrected chi connectivity index (χ4v) is 2.43. The van der Waals surface area contributed by atoms with Crippen molar-refractivity contribution in [1.29, 1.82) is 0 Å². The lowest BCUT2D eigenvalue weighted by Gasteiger charge is -2.12. The Morgan fingerprint density at radius 2 is 1.85 bits per heavy atom. The molecule has 1 heterocycles. The molecule has 9 nitrogen and oxygen atoms in total. The molecule has 2 aromatic rings. The number of rotatable bonds is 4. The van der Waals surface area contributed by atoms with Gasteiger partial charge in [0.1, 0.15) is 6.61 Å². The highest BCUT2D eigenvalue weighted by molar-refractivity contribution is 7.71. The van der Waals surface area contributed by atoms with Crippen LogP contribution < -0.4 is 11.4 Å². The van der Waals surface area contributed by atoms with Gasteiger partial charge in [-0.25, -0.2) is 19.0 Å². The number of esters is 1. The summed E-state index contributed by atoms with van der Waals surface area (Å²) < 4.78 is 8.15. The van der Waals surface area contributed by atoms with Crippen molar-refractivity contribution in [2.45, 2.75) is 6.92 Å². The molecule has 2 rings (SSSR count). The first-order valence-corrected chi connectivity index (χ1v) is 8.01. The van der Waals surface area contributed by atoms with E-state index in [0.717, 1.165) is 13.7 Å². The molecule has 26 heavy (non-hydrogen) atoms. The summed E-state index contributed by atoms with van der Waals surface area (Å²) in [5.74, 6) is -0.797. The number of halogens is 1. The van der Waals surface area contributed by atoms with Gasteiger partial charge in [0, 0.05) is 14.1 Å². The highest BCUT2D eigenvalue weighted by Crippen LogP contribution is 2.20. The zero-order valence-corrected chi connectivity index (χ0v) is 15.7. The highest BCUT2D eigenvalue weighted by Gasteiger charge is 2.17. The molecule has 11 heteroatoms. The Morgan fingerprint density at radius 1 is 1.27 bits per heavy atom. The Kier molecular flexibility index (Phi) is 5.78. The second-order valence-electron chi connectivity index (χ2n) is 5.38. The van der Waals surface area contributed by atoms with Gasteiger partial charge in [0.05, 0.1) is 22.0 Å². The molecule has 0 fully saturated rings. The van der Waals surface area contributed by atoms with Crippen LogP contribution in [-0.2, 0) is 18.8 Å². The first-order valence-electron chi connectivity index (χ1n) is 7.22. The molecule has 0 atom stereocenters. The summed E-state index contributed by atoms with van der Waals surface area (Å²) in [6.07, 6.45) is 0. The maximum Gasteiger partial charge on any atom is 0.340 e. The van der Waals surface area contributed by atoms with E-state index >= 15 is 0 Å². The quantitative estimate of drug-likeness (QED) is 0.273. The Hall–Kier alpha value is -2.72. The van der Waals surface area contributed by atoms with Crippen molar-refractivity contribution in [3.63, 3.8) is 0 Å². The highest BCUT2D eigenvalue weighted by atomic mass is 35.5. The summed E-state index contributed by atoms with van der Waals surface area (Å²) in [5, 5.41) is 11.6. The standard InChI is InChI=1S/C15H15ClN4O5S/c1-8(17-24)7-25-12(21)10-6-9(4-5-11(10)16)20-13(22)18(2)15(26)19(3)14(20)23/h4-6,24H,7H2,1-3H3. The van der Waals surface area contributed by atoms with Crippen molar-refractivity contribution >= 4 is 35.5 Å². The number of nitrogens with zero attached hydrogens (tertiary/aromatic N) is 4. The normalized spacial score (nSPS) is 11.5. The van der Waals surface area contributed by atoms with Gasteiger partial charge in [0.2, 0.25) is 0 Å². The number of ether oxygens (including phenoxy) is 1. The minimum absolute atomic E-state index is 0.0473. The lowest BCUT2D eigenvalue weighted by molar-refractivity contribution is 0.0561. The van der Waals surface area contributed by atoms with Gasteiger partial charge in [-0.05, 0) is 37.3 Å². The number of hydrogen-bond donors (Lipinski definition) is 1. The van der Waals surface area contributed by atoms with E-state index in [1.165, 1.54) is 39.2 Å². The predicted octanol–water partition coefficient (Wildman–Crippen LogP) is 1.26. The largest absolute Gasteiger partial charge is 0.456 e. The van der Waals surface area contributed by atoms with Crippen molar-refractivity contribution in [3.8, 4) is 5.69 Å². The van der Waals surface area contributed by atoms with Gasteiger partial charge >= 0.3 is 17.3 Å². The third-order valence-corrected chi connectivity index (χ3v) is 4.42. The molecule has 0 aliphatic rings. The predicted molar refractivity (Wildman–Crippen MR) is 97.3 cm³/mol. The number of benzene rings is 1. The molecule has 1 aromatic carbocycles. The molecule has 0 amide bonds. The van der Waals surface area contributed by atoms with Crippen LogP contribution in [0.3, 0.4) is 0 Å². The smallest absolute Gasteiger partial charge is 0.340 e. The molecular weight excluding hydrogens is 384 g/mol. The number of carbonyl (C=O) groups excluding carboxylic acids is 1. The Labute approximate surface area is 157 Å². The molecule has 0 saturated heterocycles. The monoisotopic (exact) mass is 398 g/mol. The van der Waals surface area contributed by atoms with Crippen molar-refractivity contribution < 1.29 is 14.7 Å². The molecule has 0 aliphatic carbocycles. The summed E-state index contributed by atoms with van der Waals surface area (Å²) in [7, 11) is 2.87. The van der Waals surface area contributed by atoms with Gasteiger partial charge in [0.25, 0.3) is 0 Å². The van der Waals surface area contributed by atoms with E-state index in [0.29, 0.717) is 0 Å². The van der Waals surface area contributed by atoms with Crippen molar-refractivity contribution in [1.82, 2.24) is 13.7 Å². The zero-order chi connectivity index (χ0) is 19.6. The summed E-state index contributed by atoms with van der Waals surface area (Å²) in [4.78, 5) is 37.1. The number of aromatic nitrogens is 3. The second kappa shape index (κ2) is 7.67. The molecular formula is C15H15ClN4O5S. The van der Waals surface area contributed by atoms with E-state index in [9.17, 15) is 14.4 Å². The number of oxime groups is 1. The number of carbonyl (C=O) groups is 1. The van der Waals surface area contributed by atoms with Crippen molar-refractivity contribution in [2.75, 3.05) is 6.61 Å². The van der Waals surface area contributed by atoms with Crippen LogP contribution in [0, 0.1) is 4.77 Å². The minimum atomic E-state index is -0.797. The molecule has 138 valence electrons. The van der Waals surface area contributed by atoms with Gasteiger partial charge in [-0.15, -0.1) is 0 Å². The summed E-state index contributed by atoms with van der Waals surface area (Å²) >= 11 is 11.0. The van der Waals surface area contributed by atoms with Crippen molar-refractivity contribution in [2.24, 2.45) is 19.3 Å². The average Bonchev–Trinajstić information content (AvgIpc) is 2.63. The Bertz CT molecular complexity index is 1040. The van der Waals surface area contributed by atoms with Crippen LogP contribution in [0.5, 0.6) is 0 Å². The lowest BCUT2D eigenvalue weighted by atomic mass is 10.2. The maximum absolute atomic E-state index is 12.4. The van der Waals surface area contributed by atoms with Crippen LogP contribution in [0.15, 0.2) is 32.9 Å². The lowest BCUT2D eigenvalue weighted by Crippen LogP contribution is -2.43. The van der Waals surface area contributed by atoms with Gasteiger partial charge in [-0.2, -0.15) is 0 Å². The molecule has 1 aromatic heterocycles. The first-order chi connectivity index (χ1) is 12.2. The number of hydrogen-bond acceptors (Lipinski definition) is 7. The van der Waals surface area contributed by atoms with E-state index < -0.39 is 17.3 Å². The Morgan fingerprint density at radius 3 is 2.38 bits per heavy atom. The van der Waals surface area contributed by atoms with Gasteiger partial charge in [-0.1, -0.05) is 16.8 Å². The van der Waals surface area contributed by atoms with Crippen LogP contribution >= 0.6 is 23.8 Å². The van der Waals surface area contributed by atoms with E-state index in [-0.39, 0.29) is 33.4 Å². The maximum atomic E-state index is 12.4. The fourth-order valence-electron chi connectivity index (χ4n) is 2.08. The molecule has 0 radical (unpaired) electrons. The van der Waals surface area contributed by atoms with Crippen LogP contribution in [0.2, 0.25) is 5.02 Å². The minimum Gasteiger partial charge on any atom is -0.456 e. The van der Waals surface area contributed by atoms with Gasteiger partial charge in [0.15, 0.2) is 4.77 Å². The molecule has 0 bridgehead atoms. The molecule has 0 saturated carbocycles. The van der Waals surface area contributed by atoms with E-state index in [4.69, 9.17) is 33.8 Å². The van der Waals surface area contributed by atoms with Gasteiger partial charge in [-0.3, -0.25) is 9.13 Å².